The van der Waals surface area contributed by atoms with Crippen molar-refractivity contribution in [1.29, 1.82) is 0 Å². The lowest BCUT2D eigenvalue weighted by atomic mass is 9.96. The molecule has 1 amide bonds. The number of rotatable bonds is 7. The van der Waals surface area contributed by atoms with Crippen molar-refractivity contribution in [3.05, 3.63) is 71.2 Å². The summed E-state index contributed by atoms with van der Waals surface area (Å²) in [5.41, 5.74) is 2.38. The molecule has 2 aliphatic heterocycles. The zero-order valence-electron chi connectivity index (χ0n) is 20.5. The summed E-state index contributed by atoms with van der Waals surface area (Å²) in [5.74, 6) is -0.917. The fourth-order valence-corrected chi connectivity index (χ4v) is 5.00. The maximum atomic E-state index is 13.4. The Morgan fingerprint density at radius 3 is 2.72 bits per heavy atom. The van der Waals surface area contributed by atoms with Gasteiger partial charge >= 0.3 is 0 Å². The summed E-state index contributed by atoms with van der Waals surface area (Å²) in [6, 6.07) is 12.1. The molecule has 1 unspecified atom stereocenters. The topological polar surface area (TPSA) is 96.6 Å². The zero-order chi connectivity index (χ0) is 25.2. The van der Waals surface area contributed by atoms with E-state index in [-0.39, 0.29) is 11.3 Å². The van der Waals surface area contributed by atoms with Gasteiger partial charge in [-0.15, -0.1) is 0 Å². The molecule has 0 saturated carbocycles. The monoisotopic (exact) mass is 490 g/mol. The minimum absolute atomic E-state index is 0.0596. The van der Waals surface area contributed by atoms with Gasteiger partial charge in [-0.1, -0.05) is 18.2 Å². The van der Waals surface area contributed by atoms with Crippen molar-refractivity contribution >= 4 is 23.1 Å². The highest BCUT2D eigenvalue weighted by Crippen LogP contribution is 2.40. The van der Waals surface area contributed by atoms with Crippen LogP contribution in [0, 0.1) is 6.92 Å². The number of aliphatic hydroxyl groups excluding tert-OH is 1. The molecule has 9 nitrogen and oxygen atoms in total. The first-order valence-electron chi connectivity index (χ1n) is 12.2. The molecule has 2 aliphatic rings. The van der Waals surface area contributed by atoms with Gasteiger partial charge in [0.2, 0.25) is 0 Å². The number of likely N-dealkylation sites (tertiary alicyclic amines) is 1. The van der Waals surface area contributed by atoms with Crippen molar-refractivity contribution < 1.29 is 24.2 Å². The quantitative estimate of drug-likeness (QED) is 0.309. The van der Waals surface area contributed by atoms with Crippen LogP contribution in [0.3, 0.4) is 0 Å². The number of ketones is 1. The Balaban J connectivity index is 1.61. The average Bonchev–Trinajstić information content (AvgIpc) is 3.36. The fourth-order valence-electron chi connectivity index (χ4n) is 5.00. The van der Waals surface area contributed by atoms with Crippen molar-refractivity contribution in [3.8, 4) is 5.75 Å². The first-order valence-corrected chi connectivity index (χ1v) is 12.2. The number of aliphatic hydroxyl groups is 1. The average molecular weight is 491 g/mol. The summed E-state index contributed by atoms with van der Waals surface area (Å²) >= 11 is 0. The van der Waals surface area contributed by atoms with Crippen LogP contribution in [-0.2, 0) is 14.3 Å². The molecule has 0 spiro atoms. The Kier molecular flexibility index (Phi) is 6.75. The molecule has 0 bridgehead atoms. The van der Waals surface area contributed by atoms with E-state index in [2.05, 4.69) is 9.88 Å². The highest BCUT2D eigenvalue weighted by molar-refractivity contribution is 6.46. The van der Waals surface area contributed by atoms with Crippen molar-refractivity contribution in [3.63, 3.8) is 0 Å². The molecule has 2 saturated heterocycles. The van der Waals surface area contributed by atoms with E-state index in [1.54, 1.807) is 22.4 Å². The summed E-state index contributed by atoms with van der Waals surface area (Å²) in [6.45, 7) is 7.95. The minimum atomic E-state index is -0.750. The third-order valence-electron chi connectivity index (χ3n) is 6.71. The molecule has 2 aromatic heterocycles. The second-order valence-electron chi connectivity index (χ2n) is 8.93. The SMILES string of the molecule is CCOc1cccc(C2C(=C(O)c3c(C)nc4ccccn34)C(=O)C(=O)N2CCN2CCOCC2)c1. The van der Waals surface area contributed by atoms with Crippen LogP contribution < -0.4 is 4.74 Å². The zero-order valence-corrected chi connectivity index (χ0v) is 20.5. The summed E-state index contributed by atoms with van der Waals surface area (Å²) in [5, 5.41) is 11.6. The number of imidazole rings is 1. The molecule has 36 heavy (non-hydrogen) atoms. The van der Waals surface area contributed by atoms with Crippen LogP contribution in [-0.4, -0.2) is 82.0 Å². The fraction of sp³-hybridized carbons (Fsp3) is 0.370. The van der Waals surface area contributed by atoms with E-state index in [0.717, 1.165) is 13.1 Å². The summed E-state index contributed by atoms with van der Waals surface area (Å²) in [4.78, 5) is 35.1. The molecule has 3 aromatic rings. The lowest BCUT2D eigenvalue weighted by Crippen LogP contribution is -2.42. The van der Waals surface area contributed by atoms with Crippen molar-refractivity contribution in [2.45, 2.75) is 19.9 Å². The Morgan fingerprint density at radius 2 is 1.94 bits per heavy atom. The summed E-state index contributed by atoms with van der Waals surface area (Å²) in [6.07, 6.45) is 1.78. The number of pyridine rings is 1. The molecular formula is C27H30N4O5. The second kappa shape index (κ2) is 10.1. The van der Waals surface area contributed by atoms with Crippen LogP contribution in [0.5, 0.6) is 5.75 Å². The summed E-state index contributed by atoms with van der Waals surface area (Å²) in [7, 11) is 0. The van der Waals surface area contributed by atoms with Crippen LogP contribution in [0.25, 0.3) is 11.4 Å². The van der Waals surface area contributed by atoms with E-state index in [9.17, 15) is 14.7 Å². The van der Waals surface area contributed by atoms with Gasteiger partial charge in [0.15, 0.2) is 5.76 Å². The molecule has 1 atom stereocenters. The van der Waals surface area contributed by atoms with Crippen molar-refractivity contribution in [2.24, 2.45) is 0 Å². The maximum absolute atomic E-state index is 13.4. The number of morpholine rings is 1. The number of fused-ring (bicyclic) bond motifs is 1. The number of amides is 1. The highest BCUT2D eigenvalue weighted by atomic mass is 16.5. The number of aryl methyl sites for hydroxylation is 1. The van der Waals surface area contributed by atoms with Gasteiger partial charge in [-0.25, -0.2) is 4.98 Å². The largest absolute Gasteiger partial charge is 0.505 e. The molecule has 0 radical (unpaired) electrons. The van der Waals surface area contributed by atoms with Crippen LogP contribution >= 0.6 is 0 Å². The van der Waals surface area contributed by atoms with Gasteiger partial charge < -0.3 is 19.5 Å². The number of aromatic nitrogens is 2. The number of Topliss-reactive ketones (excluding diaryl/α,β-unsaturated/α-hetero) is 1. The Hall–Kier alpha value is -3.69. The number of ether oxygens (including phenoxy) is 2. The van der Waals surface area contributed by atoms with E-state index in [1.165, 1.54) is 0 Å². The van der Waals surface area contributed by atoms with Gasteiger partial charge in [0, 0.05) is 32.4 Å². The number of hydrogen-bond donors (Lipinski definition) is 1. The molecule has 2 fully saturated rings. The molecule has 1 N–H and O–H groups in total. The predicted octanol–water partition coefficient (Wildman–Crippen LogP) is 2.80. The molecule has 4 heterocycles. The normalized spacial score (nSPS) is 20.4. The van der Waals surface area contributed by atoms with Crippen LogP contribution in [0.1, 0.15) is 29.9 Å². The van der Waals surface area contributed by atoms with Crippen LogP contribution in [0.4, 0.5) is 0 Å². The molecule has 188 valence electrons. The maximum Gasteiger partial charge on any atom is 0.295 e. The van der Waals surface area contributed by atoms with E-state index in [0.29, 0.717) is 61.3 Å². The third-order valence-corrected chi connectivity index (χ3v) is 6.71. The van der Waals surface area contributed by atoms with Gasteiger partial charge in [0.05, 0.1) is 37.1 Å². The Bertz CT molecular complexity index is 1320. The minimum Gasteiger partial charge on any atom is -0.505 e. The number of benzene rings is 1. The van der Waals surface area contributed by atoms with E-state index >= 15 is 0 Å². The van der Waals surface area contributed by atoms with Crippen LogP contribution in [0.2, 0.25) is 0 Å². The second-order valence-corrected chi connectivity index (χ2v) is 8.93. The number of hydrogen-bond acceptors (Lipinski definition) is 7. The number of carbonyl (C=O) groups excluding carboxylic acids is 2. The van der Waals surface area contributed by atoms with Gasteiger partial charge in [-0.2, -0.15) is 0 Å². The van der Waals surface area contributed by atoms with Gasteiger partial charge in [-0.3, -0.25) is 18.9 Å². The molecule has 1 aromatic carbocycles. The standard InChI is InChI=1S/C27H30N4O5/c1-3-36-20-8-6-7-19(17-20)24-22(25(32)23-18(2)28-21-9-4-5-10-30(21)23)26(33)27(34)31(24)12-11-29-13-15-35-16-14-29/h4-10,17,24,32H,3,11-16H2,1-2H3. The van der Waals surface area contributed by atoms with E-state index < -0.39 is 17.7 Å². The Labute approximate surface area is 209 Å². The van der Waals surface area contributed by atoms with Crippen molar-refractivity contribution in [2.75, 3.05) is 46.0 Å². The first kappa shape index (κ1) is 24.0. The molecule has 0 aliphatic carbocycles. The van der Waals surface area contributed by atoms with Gasteiger partial charge in [-0.05, 0) is 43.7 Å². The number of nitrogens with zero attached hydrogens (tertiary/aromatic N) is 4. The molecule has 9 heteroatoms. The molecular weight excluding hydrogens is 460 g/mol. The third kappa shape index (κ3) is 4.36. The first-order chi connectivity index (χ1) is 17.5. The summed E-state index contributed by atoms with van der Waals surface area (Å²) < 4.78 is 12.9. The van der Waals surface area contributed by atoms with Crippen molar-refractivity contribution in [1.82, 2.24) is 19.2 Å². The lowest BCUT2D eigenvalue weighted by molar-refractivity contribution is -0.140. The smallest absolute Gasteiger partial charge is 0.295 e. The number of carbonyl (C=O) groups is 2. The van der Waals surface area contributed by atoms with Crippen LogP contribution in [0.15, 0.2) is 54.2 Å². The van der Waals surface area contributed by atoms with E-state index in [4.69, 9.17) is 9.47 Å². The lowest BCUT2D eigenvalue weighted by Gasteiger charge is -2.31. The Morgan fingerprint density at radius 1 is 1.14 bits per heavy atom. The van der Waals surface area contributed by atoms with Gasteiger partial charge in [0.25, 0.3) is 11.7 Å². The predicted molar refractivity (Wildman–Crippen MR) is 134 cm³/mol. The van der Waals surface area contributed by atoms with E-state index in [1.807, 2.05) is 49.4 Å². The highest BCUT2D eigenvalue weighted by Gasteiger charge is 2.46. The molecule has 5 rings (SSSR count). The van der Waals surface area contributed by atoms with Gasteiger partial charge in [0.1, 0.15) is 17.1 Å².